The van der Waals surface area contributed by atoms with Crippen LogP contribution in [0.2, 0.25) is 0 Å². The highest BCUT2D eigenvalue weighted by molar-refractivity contribution is 7.98. The Balaban J connectivity index is 5.04. The van der Waals surface area contributed by atoms with Gasteiger partial charge in [-0.3, -0.25) is 14.6 Å². The SMILES string of the molecule is CSCC[C@H](N)C(=O)N[C@@H](CCCN=C(N)N)C(=O)N[C@H](C(=O)O)C(C)C. The Bertz CT molecular complexity index is 525. The molecular weight excluding hydrogens is 372 g/mol. The molecule has 0 spiro atoms. The van der Waals surface area contributed by atoms with E-state index in [0.717, 1.165) is 0 Å². The number of carbonyl (C=O) groups is 3. The van der Waals surface area contributed by atoms with E-state index in [-0.39, 0.29) is 24.8 Å². The molecule has 10 nitrogen and oxygen atoms in total. The van der Waals surface area contributed by atoms with E-state index in [1.165, 1.54) is 0 Å². The van der Waals surface area contributed by atoms with Crippen molar-refractivity contribution in [3.05, 3.63) is 0 Å². The molecule has 0 aromatic carbocycles. The molecule has 0 fully saturated rings. The second kappa shape index (κ2) is 13.2. The van der Waals surface area contributed by atoms with Crippen molar-refractivity contribution >= 4 is 35.5 Å². The number of hydrogen-bond acceptors (Lipinski definition) is 6. The topological polar surface area (TPSA) is 186 Å². The first-order valence-electron chi connectivity index (χ1n) is 8.73. The molecule has 0 unspecified atom stereocenters. The lowest BCUT2D eigenvalue weighted by molar-refractivity contribution is -0.143. The van der Waals surface area contributed by atoms with Crippen LogP contribution in [0.15, 0.2) is 4.99 Å². The zero-order valence-corrected chi connectivity index (χ0v) is 16.9. The lowest BCUT2D eigenvalue weighted by Crippen LogP contribution is -2.55. The molecule has 0 saturated heterocycles. The number of amides is 2. The Kier molecular flexibility index (Phi) is 12.2. The highest BCUT2D eigenvalue weighted by Gasteiger charge is 2.29. The molecule has 2 amide bonds. The van der Waals surface area contributed by atoms with Gasteiger partial charge in [0, 0.05) is 6.54 Å². The summed E-state index contributed by atoms with van der Waals surface area (Å²) in [7, 11) is 0. The smallest absolute Gasteiger partial charge is 0.326 e. The summed E-state index contributed by atoms with van der Waals surface area (Å²) in [5.74, 6) is -1.84. The fraction of sp³-hybridized carbons (Fsp3) is 0.750. The Morgan fingerprint density at radius 1 is 1.11 bits per heavy atom. The molecule has 0 heterocycles. The van der Waals surface area contributed by atoms with Crippen molar-refractivity contribution in [3.63, 3.8) is 0 Å². The number of thioether (sulfide) groups is 1. The molecule has 0 radical (unpaired) electrons. The first-order valence-corrected chi connectivity index (χ1v) is 10.1. The number of rotatable bonds is 13. The number of nitrogens with two attached hydrogens (primary N) is 3. The van der Waals surface area contributed by atoms with E-state index < -0.39 is 35.9 Å². The number of carboxylic acids is 1. The first-order chi connectivity index (χ1) is 12.6. The fourth-order valence-corrected chi connectivity index (χ4v) is 2.68. The molecule has 0 aromatic heterocycles. The molecule has 0 aliphatic heterocycles. The Hall–Kier alpha value is -2.01. The standard InChI is InChI=1S/C16H32N6O4S/c1-9(2)12(15(25)26)22-14(24)11(5-4-7-20-16(18)19)21-13(23)10(17)6-8-27-3/h9-12H,4-8,17H2,1-3H3,(H,21,23)(H,22,24)(H,25,26)(H4,18,19,20)/t10-,11-,12-/m0/s1. The van der Waals surface area contributed by atoms with Gasteiger partial charge >= 0.3 is 5.97 Å². The van der Waals surface area contributed by atoms with Gasteiger partial charge in [0.15, 0.2) is 5.96 Å². The number of nitrogens with one attached hydrogen (secondary N) is 2. The third-order valence-corrected chi connectivity index (χ3v) is 4.42. The van der Waals surface area contributed by atoms with E-state index in [1.54, 1.807) is 25.6 Å². The normalized spacial score (nSPS) is 14.1. The van der Waals surface area contributed by atoms with Crippen molar-refractivity contribution in [2.75, 3.05) is 18.6 Å². The summed E-state index contributed by atoms with van der Waals surface area (Å²) in [4.78, 5) is 39.9. The summed E-state index contributed by atoms with van der Waals surface area (Å²) in [6.07, 6.45) is 3.05. The molecule has 3 atom stereocenters. The third-order valence-electron chi connectivity index (χ3n) is 3.78. The van der Waals surface area contributed by atoms with E-state index in [4.69, 9.17) is 17.2 Å². The van der Waals surface area contributed by atoms with Crippen molar-refractivity contribution in [2.45, 2.75) is 51.2 Å². The molecule has 156 valence electrons. The predicted octanol–water partition coefficient (Wildman–Crippen LogP) is -1.17. The first kappa shape index (κ1) is 25.0. The summed E-state index contributed by atoms with van der Waals surface area (Å²) in [6.45, 7) is 3.65. The number of guanidine groups is 1. The van der Waals surface area contributed by atoms with Crippen LogP contribution in [0.5, 0.6) is 0 Å². The molecule has 0 aliphatic rings. The van der Waals surface area contributed by atoms with Gasteiger partial charge in [0.05, 0.1) is 6.04 Å². The number of hydrogen-bond donors (Lipinski definition) is 6. The summed E-state index contributed by atoms with van der Waals surface area (Å²) >= 11 is 1.56. The Labute approximate surface area is 164 Å². The van der Waals surface area contributed by atoms with Gasteiger partial charge in [0.1, 0.15) is 12.1 Å². The summed E-state index contributed by atoms with van der Waals surface area (Å²) in [5.41, 5.74) is 16.4. The Morgan fingerprint density at radius 3 is 2.22 bits per heavy atom. The zero-order valence-electron chi connectivity index (χ0n) is 16.1. The minimum Gasteiger partial charge on any atom is -0.480 e. The van der Waals surface area contributed by atoms with Crippen LogP contribution in [0, 0.1) is 5.92 Å². The van der Waals surface area contributed by atoms with Crippen LogP contribution in [0.3, 0.4) is 0 Å². The average molecular weight is 405 g/mol. The van der Waals surface area contributed by atoms with Crippen LogP contribution in [-0.2, 0) is 14.4 Å². The second-order valence-corrected chi connectivity index (χ2v) is 7.45. The summed E-state index contributed by atoms with van der Waals surface area (Å²) < 4.78 is 0. The largest absolute Gasteiger partial charge is 0.480 e. The quantitative estimate of drug-likeness (QED) is 0.126. The highest BCUT2D eigenvalue weighted by atomic mass is 32.2. The van der Waals surface area contributed by atoms with Crippen molar-refractivity contribution in [1.29, 1.82) is 0 Å². The molecule has 0 rings (SSSR count). The van der Waals surface area contributed by atoms with Crippen LogP contribution in [0.25, 0.3) is 0 Å². The van der Waals surface area contributed by atoms with Gasteiger partial charge in [-0.05, 0) is 37.2 Å². The number of aliphatic imine (C=N–C) groups is 1. The van der Waals surface area contributed by atoms with Gasteiger partial charge in [-0.15, -0.1) is 0 Å². The van der Waals surface area contributed by atoms with Crippen molar-refractivity contribution in [2.24, 2.45) is 28.1 Å². The fourth-order valence-electron chi connectivity index (χ4n) is 2.19. The van der Waals surface area contributed by atoms with E-state index in [9.17, 15) is 19.5 Å². The molecular formula is C16H32N6O4S. The second-order valence-electron chi connectivity index (χ2n) is 6.47. The van der Waals surface area contributed by atoms with Crippen molar-refractivity contribution in [1.82, 2.24) is 10.6 Å². The molecule has 0 bridgehead atoms. The maximum atomic E-state index is 12.5. The maximum absolute atomic E-state index is 12.5. The van der Waals surface area contributed by atoms with Crippen LogP contribution in [0.4, 0.5) is 0 Å². The van der Waals surface area contributed by atoms with Gasteiger partial charge in [-0.25, -0.2) is 4.79 Å². The number of carbonyl (C=O) groups excluding carboxylic acids is 2. The molecule has 9 N–H and O–H groups in total. The van der Waals surface area contributed by atoms with Crippen LogP contribution < -0.4 is 27.8 Å². The van der Waals surface area contributed by atoms with Crippen LogP contribution in [-0.4, -0.2) is 65.5 Å². The lowest BCUT2D eigenvalue weighted by atomic mass is 10.0. The molecule has 0 saturated carbocycles. The third kappa shape index (κ3) is 10.7. The van der Waals surface area contributed by atoms with E-state index >= 15 is 0 Å². The van der Waals surface area contributed by atoms with Gasteiger partial charge in [0.2, 0.25) is 11.8 Å². The molecule has 0 aliphatic carbocycles. The van der Waals surface area contributed by atoms with Gasteiger partial charge in [-0.1, -0.05) is 13.8 Å². The van der Waals surface area contributed by atoms with E-state index in [0.29, 0.717) is 18.6 Å². The monoisotopic (exact) mass is 404 g/mol. The van der Waals surface area contributed by atoms with E-state index in [2.05, 4.69) is 15.6 Å². The van der Waals surface area contributed by atoms with Gasteiger partial charge in [0.25, 0.3) is 0 Å². The minimum atomic E-state index is -1.14. The van der Waals surface area contributed by atoms with Gasteiger partial charge < -0.3 is 32.9 Å². The molecule has 27 heavy (non-hydrogen) atoms. The minimum absolute atomic E-state index is 0.0649. The van der Waals surface area contributed by atoms with Crippen LogP contribution >= 0.6 is 11.8 Å². The highest BCUT2D eigenvalue weighted by Crippen LogP contribution is 2.06. The van der Waals surface area contributed by atoms with Crippen LogP contribution in [0.1, 0.15) is 33.1 Å². The van der Waals surface area contributed by atoms with Gasteiger partial charge in [-0.2, -0.15) is 11.8 Å². The maximum Gasteiger partial charge on any atom is 0.326 e. The molecule has 11 heteroatoms. The van der Waals surface area contributed by atoms with Crippen molar-refractivity contribution < 1.29 is 19.5 Å². The van der Waals surface area contributed by atoms with Crippen molar-refractivity contribution in [3.8, 4) is 0 Å². The lowest BCUT2D eigenvalue weighted by Gasteiger charge is -2.24. The molecule has 0 aromatic rings. The average Bonchev–Trinajstić information content (AvgIpc) is 2.58. The number of aliphatic carboxylic acids is 1. The zero-order chi connectivity index (χ0) is 21.0. The van der Waals surface area contributed by atoms with E-state index in [1.807, 2.05) is 6.26 Å². The summed E-state index contributed by atoms with van der Waals surface area (Å²) in [6, 6.07) is -2.72. The number of nitrogens with zero attached hydrogens (tertiary/aromatic N) is 1. The summed E-state index contributed by atoms with van der Waals surface area (Å²) in [5, 5.41) is 14.3. The number of carboxylic acid groups (broad SMARTS) is 1. The predicted molar refractivity (Wildman–Crippen MR) is 107 cm³/mol. The Morgan fingerprint density at radius 2 is 1.74 bits per heavy atom.